The minimum absolute atomic E-state index is 0.261. The standard InChI is InChI=1S/C16H26N2O/c1-11-4-15(19)18(3-2-17-11)16-8-12-5-13(9-16)7-14(6-12)10-16/h11-14,17H,2-10H2,1H3. The van der Waals surface area contributed by atoms with Crippen LogP contribution < -0.4 is 5.32 Å². The van der Waals surface area contributed by atoms with Crippen LogP contribution in [0.25, 0.3) is 0 Å². The highest BCUT2D eigenvalue weighted by molar-refractivity contribution is 5.78. The third kappa shape index (κ3) is 1.93. The van der Waals surface area contributed by atoms with Gasteiger partial charge in [-0.15, -0.1) is 0 Å². The molecule has 4 saturated carbocycles. The highest BCUT2D eigenvalue weighted by Crippen LogP contribution is 2.57. The molecule has 1 N–H and O–H groups in total. The Morgan fingerprint density at radius 2 is 1.68 bits per heavy atom. The van der Waals surface area contributed by atoms with Gasteiger partial charge in [0.25, 0.3) is 0 Å². The molecule has 106 valence electrons. The number of rotatable bonds is 1. The smallest absolute Gasteiger partial charge is 0.224 e. The van der Waals surface area contributed by atoms with E-state index < -0.39 is 0 Å². The molecule has 1 atom stereocenters. The summed E-state index contributed by atoms with van der Waals surface area (Å²) in [6.45, 7) is 4.06. The highest BCUT2D eigenvalue weighted by Gasteiger charge is 2.54. The lowest BCUT2D eigenvalue weighted by Crippen LogP contribution is -2.61. The number of nitrogens with one attached hydrogen (secondary N) is 1. The van der Waals surface area contributed by atoms with E-state index in [2.05, 4.69) is 17.1 Å². The third-order valence-electron chi connectivity index (χ3n) is 6.19. The Hall–Kier alpha value is -0.570. The molecule has 0 spiro atoms. The Kier molecular flexibility index (Phi) is 2.70. The van der Waals surface area contributed by atoms with Crippen LogP contribution in [0.4, 0.5) is 0 Å². The minimum Gasteiger partial charge on any atom is -0.336 e. The van der Waals surface area contributed by atoms with Crippen molar-refractivity contribution in [3.8, 4) is 0 Å². The molecule has 5 aliphatic rings. The van der Waals surface area contributed by atoms with Gasteiger partial charge in [0.15, 0.2) is 0 Å². The van der Waals surface area contributed by atoms with E-state index in [0.717, 1.165) is 30.8 Å². The Bertz CT molecular complexity index is 357. The summed E-state index contributed by atoms with van der Waals surface area (Å²) >= 11 is 0. The SMILES string of the molecule is CC1CC(=O)N(C23CC4CC(CC(C4)C2)C3)CCN1. The van der Waals surface area contributed by atoms with Gasteiger partial charge in [0, 0.05) is 31.1 Å². The summed E-state index contributed by atoms with van der Waals surface area (Å²) in [4.78, 5) is 14.9. The lowest BCUT2D eigenvalue weighted by molar-refractivity contribution is -0.149. The predicted octanol–water partition coefficient (Wildman–Crippen LogP) is 2.17. The first-order chi connectivity index (χ1) is 9.14. The molecule has 3 nitrogen and oxygen atoms in total. The number of carbonyl (C=O) groups is 1. The van der Waals surface area contributed by atoms with Crippen molar-refractivity contribution in [1.82, 2.24) is 10.2 Å². The lowest BCUT2D eigenvalue weighted by atomic mass is 9.52. The van der Waals surface area contributed by atoms with Crippen LogP contribution in [0.15, 0.2) is 0 Å². The number of hydrogen-bond acceptors (Lipinski definition) is 2. The van der Waals surface area contributed by atoms with Gasteiger partial charge in [-0.05, 0) is 63.2 Å². The molecule has 0 aromatic carbocycles. The van der Waals surface area contributed by atoms with Gasteiger partial charge in [-0.2, -0.15) is 0 Å². The molecule has 1 aliphatic heterocycles. The molecule has 1 amide bonds. The molecule has 19 heavy (non-hydrogen) atoms. The molecule has 1 unspecified atom stereocenters. The Balaban J connectivity index is 1.62. The molecule has 5 fully saturated rings. The Labute approximate surface area is 116 Å². The zero-order valence-electron chi connectivity index (χ0n) is 12.0. The van der Waals surface area contributed by atoms with Crippen LogP contribution in [0.1, 0.15) is 51.9 Å². The van der Waals surface area contributed by atoms with Crippen molar-refractivity contribution in [2.75, 3.05) is 13.1 Å². The number of carbonyl (C=O) groups excluding carboxylic acids is 1. The second kappa shape index (κ2) is 4.21. The maximum absolute atomic E-state index is 12.6. The average Bonchev–Trinajstić information content (AvgIpc) is 2.48. The quantitative estimate of drug-likeness (QED) is 0.785. The molecule has 5 rings (SSSR count). The summed E-state index contributed by atoms with van der Waals surface area (Å²) in [5.41, 5.74) is 0.261. The first kappa shape index (κ1) is 12.2. The van der Waals surface area contributed by atoms with E-state index in [-0.39, 0.29) is 5.54 Å². The van der Waals surface area contributed by atoms with E-state index in [1.54, 1.807) is 0 Å². The van der Waals surface area contributed by atoms with E-state index in [1.807, 2.05) is 0 Å². The summed E-state index contributed by atoms with van der Waals surface area (Å²) in [6, 6.07) is 0.353. The van der Waals surface area contributed by atoms with Gasteiger partial charge in [-0.25, -0.2) is 0 Å². The second-order valence-electron chi connectivity index (χ2n) is 7.75. The zero-order valence-corrected chi connectivity index (χ0v) is 12.0. The lowest BCUT2D eigenvalue weighted by Gasteiger charge is -2.60. The van der Waals surface area contributed by atoms with Crippen LogP contribution in [-0.4, -0.2) is 35.5 Å². The van der Waals surface area contributed by atoms with Crippen LogP contribution in [0, 0.1) is 17.8 Å². The summed E-state index contributed by atoms with van der Waals surface area (Å²) in [6.07, 6.45) is 8.97. The van der Waals surface area contributed by atoms with Crippen molar-refractivity contribution >= 4 is 5.91 Å². The van der Waals surface area contributed by atoms with Gasteiger partial charge in [0.1, 0.15) is 0 Å². The zero-order chi connectivity index (χ0) is 13.0. The van der Waals surface area contributed by atoms with Gasteiger partial charge in [-0.1, -0.05) is 0 Å². The van der Waals surface area contributed by atoms with E-state index in [4.69, 9.17) is 0 Å². The van der Waals surface area contributed by atoms with Gasteiger partial charge in [-0.3, -0.25) is 4.79 Å². The van der Waals surface area contributed by atoms with Gasteiger partial charge in [0.2, 0.25) is 5.91 Å². The van der Waals surface area contributed by atoms with Crippen molar-refractivity contribution in [3.63, 3.8) is 0 Å². The fourth-order valence-electron chi connectivity index (χ4n) is 5.89. The largest absolute Gasteiger partial charge is 0.336 e. The van der Waals surface area contributed by atoms with Crippen LogP contribution in [0.3, 0.4) is 0 Å². The van der Waals surface area contributed by atoms with Crippen molar-refractivity contribution < 1.29 is 4.79 Å². The van der Waals surface area contributed by atoms with Crippen molar-refractivity contribution in [2.45, 2.75) is 63.5 Å². The molecular formula is C16H26N2O. The number of amides is 1. The molecule has 4 aliphatic carbocycles. The van der Waals surface area contributed by atoms with Crippen LogP contribution >= 0.6 is 0 Å². The summed E-state index contributed by atoms with van der Waals surface area (Å²) < 4.78 is 0. The molecule has 1 saturated heterocycles. The monoisotopic (exact) mass is 262 g/mol. The maximum atomic E-state index is 12.6. The highest BCUT2D eigenvalue weighted by atomic mass is 16.2. The Morgan fingerprint density at radius 3 is 2.26 bits per heavy atom. The summed E-state index contributed by atoms with van der Waals surface area (Å²) in [5.74, 6) is 3.19. The fraction of sp³-hybridized carbons (Fsp3) is 0.938. The van der Waals surface area contributed by atoms with Crippen LogP contribution in [0.5, 0.6) is 0 Å². The van der Waals surface area contributed by atoms with E-state index in [9.17, 15) is 4.79 Å². The first-order valence-corrected chi connectivity index (χ1v) is 8.18. The van der Waals surface area contributed by atoms with Gasteiger partial charge < -0.3 is 10.2 Å². The average molecular weight is 262 g/mol. The van der Waals surface area contributed by atoms with E-state index in [0.29, 0.717) is 18.4 Å². The fourth-order valence-corrected chi connectivity index (χ4v) is 5.89. The Morgan fingerprint density at radius 1 is 1.11 bits per heavy atom. The van der Waals surface area contributed by atoms with E-state index in [1.165, 1.54) is 38.5 Å². The maximum Gasteiger partial charge on any atom is 0.224 e. The molecule has 4 bridgehead atoms. The molecular weight excluding hydrogens is 236 g/mol. The second-order valence-corrected chi connectivity index (χ2v) is 7.75. The van der Waals surface area contributed by atoms with Gasteiger partial charge >= 0.3 is 0 Å². The van der Waals surface area contributed by atoms with Crippen molar-refractivity contribution in [3.05, 3.63) is 0 Å². The summed E-state index contributed by atoms with van der Waals surface area (Å²) in [7, 11) is 0. The molecule has 1 heterocycles. The van der Waals surface area contributed by atoms with Crippen LogP contribution in [-0.2, 0) is 4.79 Å². The summed E-state index contributed by atoms with van der Waals surface area (Å²) in [5, 5.41) is 3.47. The van der Waals surface area contributed by atoms with Crippen molar-refractivity contribution in [2.24, 2.45) is 17.8 Å². The minimum atomic E-state index is 0.261. The molecule has 3 heteroatoms. The number of nitrogens with zero attached hydrogens (tertiary/aromatic N) is 1. The number of hydrogen-bond donors (Lipinski definition) is 1. The topological polar surface area (TPSA) is 32.3 Å². The van der Waals surface area contributed by atoms with Gasteiger partial charge in [0.05, 0.1) is 0 Å². The van der Waals surface area contributed by atoms with E-state index >= 15 is 0 Å². The van der Waals surface area contributed by atoms with Crippen LogP contribution in [0.2, 0.25) is 0 Å². The third-order valence-corrected chi connectivity index (χ3v) is 6.19. The van der Waals surface area contributed by atoms with Crippen molar-refractivity contribution in [1.29, 1.82) is 0 Å². The molecule has 0 aromatic rings. The predicted molar refractivity (Wildman–Crippen MR) is 74.7 cm³/mol. The first-order valence-electron chi connectivity index (χ1n) is 8.18. The molecule has 0 aromatic heterocycles. The molecule has 0 radical (unpaired) electrons. The normalized spacial score (nSPS) is 49.5.